The van der Waals surface area contributed by atoms with E-state index < -0.39 is 0 Å². The van der Waals surface area contributed by atoms with Crippen LogP contribution in [-0.4, -0.2) is 35.8 Å². The van der Waals surface area contributed by atoms with Crippen LogP contribution in [0.4, 0.5) is 0 Å². The Morgan fingerprint density at radius 2 is 1.70 bits per heavy atom. The lowest BCUT2D eigenvalue weighted by molar-refractivity contribution is -0.131. The van der Waals surface area contributed by atoms with Gasteiger partial charge < -0.3 is 10.2 Å². The molecule has 1 aliphatic carbocycles. The lowest BCUT2D eigenvalue weighted by Gasteiger charge is -2.32. The Morgan fingerprint density at radius 3 is 2.48 bits per heavy atom. The van der Waals surface area contributed by atoms with Gasteiger partial charge in [-0.3, -0.25) is 9.59 Å². The largest absolute Gasteiger partial charge is 0.349 e. The van der Waals surface area contributed by atoms with Crippen LogP contribution in [-0.2, 0) is 24.1 Å². The van der Waals surface area contributed by atoms with Gasteiger partial charge in [0.25, 0.3) is 5.91 Å². The fourth-order valence-electron chi connectivity index (χ4n) is 4.15. The average Bonchev–Trinajstić information content (AvgIpc) is 3.17. The minimum atomic E-state index is -0.0292. The zero-order valence-electron chi connectivity index (χ0n) is 15.6. The molecule has 0 saturated carbocycles. The lowest BCUT2D eigenvalue weighted by atomic mass is 10.0. The standard InChI is InChI=1S/C23H26N2O2/c26-22(16-17-9-10-18-7-4-8-20(18)15-17)25-13-11-21(12-14-25)24-23(27)19-5-2-1-3-6-19/h1-3,5-6,9-10,15,21H,4,7-8,11-14,16H2,(H,24,27). The summed E-state index contributed by atoms with van der Waals surface area (Å²) in [5.74, 6) is 0.166. The van der Waals surface area contributed by atoms with E-state index in [2.05, 4.69) is 23.5 Å². The van der Waals surface area contributed by atoms with Crippen LogP contribution in [0.1, 0.15) is 46.3 Å². The molecule has 0 radical (unpaired) electrons. The van der Waals surface area contributed by atoms with Gasteiger partial charge in [0.15, 0.2) is 0 Å². The van der Waals surface area contributed by atoms with Gasteiger partial charge in [0.1, 0.15) is 0 Å². The maximum Gasteiger partial charge on any atom is 0.251 e. The number of hydrogen-bond acceptors (Lipinski definition) is 2. The van der Waals surface area contributed by atoms with E-state index in [9.17, 15) is 9.59 Å². The van der Waals surface area contributed by atoms with E-state index in [1.165, 1.54) is 24.0 Å². The first-order valence-electron chi connectivity index (χ1n) is 9.93. The number of benzene rings is 2. The number of fused-ring (bicyclic) bond motifs is 1. The van der Waals surface area contributed by atoms with Gasteiger partial charge in [0.05, 0.1) is 6.42 Å². The summed E-state index contributed by atoms with van der Waals surface area (Å²) in [5, 5.41) is 3.10. The lowest BCUT2D eigenvalue weighted by Crippen LogP contribution is -2.47. The fourth-order valence-corrected chi connectivity index (χ4v) is 4.15. The zero-order chi connectivity index (χ0) is 18.6. The van der Waals surface area contributed by atoms with Crippen molar-refractivity contribution in [3.63, 3.8) is 0 Å². The number of rotatable bonds is 4. The topological polar surface area (TPSA) is 49.4 Å². The van der Waals surface area contributed by atoms with Gasteiger partial charge in [-0.2, -0.15) is 0 Å². The Hall–Kier alpha value is -2.62. The van der Waals surface area contributed by atoms with E-state index in [0.29, 0.717) is 25.1 Å². The predicted molar refractivity (Wildman–Crippen MR) is 106 cm³/mol. The van der Waals surface area contributed by atoms with Gasteiger partial charge in [-0.25, -0.2) is 0 Å². The van der Waals surface area contributed by atoms with Crippen molar-refractivity contribution in [1.29, 1.82) is 0 Å². The van der Waals surface area contributed by atoms with E-state index in [-0.39, 0.29) is 17.9 Å². The number of hydrogen-bond donors (Lipinski definition) is 1. The van der Waals surface area contributed by atoms with Crippen molar-refractivity contribution in [2.45, 2.75) is 44.6 Å². The minimum Gasteiger partial charge on any atom is -0.349 e. The first-order chi connectivity index (χ1) is 13.2. The molecule has 1 N–H and O–H groups in total. The molecular formula is C23H26N2O2. The van der Waals surface area contributed by atoms with Crippen molar-refractivity contribution in [3.8, 4) is 0 Å². The van der Waals surface area contributed by atoms with Crippen LogP contribution in [0.25, 0.3) is 0 Å². The summed E-state index contributed by atoms with van der Waals surface area (Å²) in [6.45, 7) is 1.42. The van der Waals surface area contributed by atoms with E-state index in [1.54, 1.807) is 0 Å². The van der Waals surface area contributed by atoms with E-state index >= 15 is 0 Å². The molecule has 27 heavy (non-hydrogen) atoms. The average molecular weight is 362 g/mol. The second-order valence-electron chi connectivity index (χ2n) is 7.63. The van der Waals surface area contributed by atoms with Crippen molar-refractivity contribution in [1.82, 2.24) is 10.2 Å². The Kier molecular flexibility index (Phi) is 5.23. The van der Waals surface area contributed by atoms with Gasteiger partial charge >= 0.3 is 0 Å². The SMILES string of the molecule is O=C(NC1CCN(C(=O)Cc2ccc3c(c2)CCC3)CC1)c1ccccc1. The maximum absolute atomic E-state index is 12.7. The van der Waals surface area contributed by atoms with Crippen LogP contribution in [0.5, 0.6) is 0 Å². The third kappa shape index (κ3) is 4.21. The highest BCUT2D eigenvalue weighted by Gasteiger charge is 2.24. The monoisotopic (exact) mass is 362 g/mol. The molecule has 1 aliphatic heterocycles. The first-order valence-corrected chi connectivity index (χ1v) is 9.93. The molecule has 0 atom stereocenters. The second-order valence-corrected chi connectivity index (χ2v) is 7.63. The fraction of sp³-hybridized carbons (Fsp3) is 0.391. The number of carbonyl (C=O) groups excluding carboxylic acids is 2. The molecule has 4 heteroatoms. The summed E-state index contributed by atoms with van der Waals surface area (Å²) >= 11 is 0. The molecule has 2 aromatic carbocycles. The Balaban J connectivity index is 1.27. The number of carbonyl (C=O) groups is 2. The molecule has 0 unspecified atom stereocenters. The van der Waals surface area contributed by atoms with Gasteiger partial charge in [-0.15, -0.1) is 0 Å². The second kappa shape index (κ2) is 7.95. The Labute approximate surface area is 160 Å². The molecule has 0 bridgehead atoms. The van der Waals surface area contributed by atoms with E-state index in [4.69, 9.17) is 0 Å². The molecule has 4 nitrogen and oxygen atoms in total. The molecule has 2 amide bonds. The number of likely N-dealkylation sites (tertiary alicyclic amines) is 1. The number of nitrogens with zero attached hydrogens (tertiary/aromatic N) is 1. The number of amides is 2. The Morgan fingerprint density at radius 1 is 0.963 bits per heavy atom. The summed E-state index contributed by atoms with van der Waals surface area (Å²) in [5.41, 5.74) is 4.68. The third-order valence-corrected chi connectivity index (χ3v) is 5.74. The van der Waals surface area contributed by atoms with Crippen LogP contribution < -0.4 is 5.32 Å². The smallest absolute Gasteiger partial charge is 0.251 e. The van der Waals surface area contributed by atoms with Crippen molar-refractivity contribution in [2.24, 2.45) is 0 Å². The van der Waals surface area contributed by atoms with Gasteiger partial charge in [-0.1, -0.05) is 36.4 Å². The predicted octanol–water partition coefficient (Wildman–Crippen LogP) is 3.14. The van der Waals surface area contributed by atoms with Crippen LogP contribution in [0.2, 0.25) is 0 Å². The first kappa shape index (κ1) is 17.8. The molecule has 4 rings (SSSR count). The molecule has 2 aliphatic rings. The summed E-state index contributed by atoms with van der Waals surface area (Å²) in [6.07, 6.45) is 5.65. The molecule has 1 heterocycles. The highest BCUT2D eigenvalue weighted by molar-refractivity contribution is 5.94. The molecule has 140 valence electrons. The van der Waals surface area contributed by atoms with E-state index in [0.717, 1.165) is 24.8 Å². The van der Waals surface area contributed by atoms with Crippen LogP contribution >= 0.6 is 0 Å². The van der Waals surface area contributed by atoms with Crippen molar-refractivity contribution in [3.05, 3.63) is 70.8 Å². The minimum absolute atomic E-state index is 0.0292. The number of nitrogens with one attached hydrogen (secondary N) is 1. The summed E-state index contributed by atoms with van der Waals surface area (Å²) in [6, 6.07) is 15.9. The maximum atomic E-state index is 12.7. The third-order valence-electron chi connectivity index (χ3n) is 5.74. The van der Waals surface area contributed by atoms with Crippen LogP contribution in [0.15, 0.2) is 48.5 Å². The molecule has 1 saturated heterocycles. The van der Waals surface area contributed by atoms with Gasteiger partial charge in [0, 0.05) is 24.7 Å². The number of aryl methyl sites for hydroxylation is 2. The van der Waals surface area contributed by atoms with Crippen LogP contribution in [0, 0.1) is 0 Å². The van der Waals surface area contributed by atoms with Gasteiger partial charge in [-0.05, 0) is 60.9 Å². The molecule has 2 aromatic rings. The summed E-state index contributed by atoms with van der Waals surface area (Å²) < 4.78 is 0. The summed E-state index contributed by atoms with van der Waals surface area (Å²) in [4.78, 5) is 26.9. The quantitative estimate of drug-likeness (QED) is 0.908. The van der Waals surface area contributed by atoms with E-state index in [1.807, 2.05) is 35.2 Å². The van der Waals surface area contributed by atoms with Crippen LogP contribution in [0.3, 0.4) is 0 Å². The summed E-state index contributed by atoms with van der Waals surface area (Å²) in [7, 11) is 0. The zero-order valence-corrected chi connectivity index (χ0v) is 15.6. The van der Waals surface area contributed by atoms with Crippen molar-refractivity contribution < 1.29 is 9.59 Å². The van der Waals surface area contributed by atoms with Gasteiger partial charge in [0.2, 0.25) is 5.91 Å². The highest BCUT2D eigenvalue weighted by Crippen LogP contribution is 2.23. The number of piperidine rings is 1. The molecule has 1 fully saturated rings. The molecule has 0 aromatic heterocycles. The molecule has 0 spiro atoms. The molecular weight excluding hydrogens is 336 g/mol. The highest BCUT2D eigenvalue weighted by atomic mass is 16.2. The normalized spacial score (nSPS) is 16.8. The Bertz CT molecular complexity index is 824. The van der Waals surface area contributed by atoms with Crippen molar-refractivity contribution >= 4 is 11.8 Å². The van der Waals surface area contributed by atoms with Crippen molar-refractivity contribution in [2.75, 3.05) is 13.1 Å².